The molecule has 4 rings (SSSR count). The van der Waals surface area contributed by atoms with Gasteiger partial charge in [-0.15, -0.1) is 5.10 Å². The van der Waals surface area contributed by atoms with Crippen molar-refractivity contribution >= 4 is 40.6 Å². The van der Waals surface area contributed by atoms with Crippen LogP contribution in [0.15, 0.2) is 36.9 Å². The van der Waals surface area contributed by atoms with Gasteiger partial charge < -0.3 is 5.32 Å². The van der Waals surface area contributed by atoms with Gasteiger partial charge in [0.05, 0.1) is 11.4 Å². The fourth-order valence-electron chi connectivity index (χ4n) is 2.26. The lowest BCUT2D eigenvalue weighted by molar-refractivity contribution is 0.879. The van der Waals surface area contributed by atoms with E-state index in [1.807, 2.05) is 13.0 Å². The number of aromatic nitrogens is 7. The Morgan fingerprint density at radius 3 is 2.79 bits per heavy atom. The SMILES string of the molecule is Cc1cc(Cl)n2nc(Nc3cc(Cl)ccc3-n3cncn3)nc2n1. The second-order valence-corrected chi connectivity index (χ2v) is 5.82. The van der Waals surface area contributed by atoms with E-state index in [2.05, 4.69) is 30.5 Å². The first-order valence-electron chi connectivity index (χ1n) is 6.91. The van der Waals surface area contributed by atoms with E-state index in [4.69, 9.17) is 23.2 Å². The molecular weight excluding hydrogens is 351 g/mol. The van der Waals surface area contributed by atoms with Crippen LogP contribution in [-0.4, -0.2) is 34.3 Å². The summed E-state index contributed by atoms with van der Waals surface area (Å²) in [6.07, 6.45) is 3.04. The van der Waals surface area contributed by atoms with Gasteiger partial charge in [0.1, 0.15) is 17.8 Å². The summed E-state index contributed by atoms with van der Waals surface area (Å²) in [6, 6.07) is 7.06. The number of nitrogens with zero attached hydrogens (tertiary/aromatic N) is 7. The molecule has 3 aromatic heterocycles. The standard InChI is InChI=1S/C14H10Cl2N8/c1-8-4-12(16)24-14(19-8)21-13(22-24)20-10-5-9(15)2-3-11(10)23-7-17-6-18-23/h2-7H,1H3,(H,20,22). The molecule has 0 aliphatic heterocycles. The molecule has 1 N–H and O–H groups in total. The Hall–Kier alpha value is -2.71. The first kappa shape index (κ1) is 14.9. The van der Waals surface area contributed by atoms with Gasteiger partial charge in [-0.05, 0) is 31.2 Å². The van der Waals surface area contributed by atoms with Crippen LogP contribution in [0.3, 0.4) is 0 Å². The number of benzene rings is 1. The van der Waals surface area contributed by atoms with Crippen molar-refractivity contribution in [1.82, 2.24) is 34.3 Å². The molecule has 10 heteroatoms. The highest BCUT2D eigenvalue weighted by Gasteiger charge is 2.12. The van der Waals surface area contributed by atoms with E-state index in [1.54, 1.807) is 29.2 Å². The lowest BCUT2D eigenvalue weighted by Gasteiger charge is -2.09. The summed E-state index contributed by atoms with van der Waals surface area (Å²) >= 11 is 12.3. The van der Waals surface area contributed by atoms with Gasteiger partial charge in [-0.2, -0.15) is 14.6 Å². The molecule has 0 saturated carbocycles. The molecule has 3 heterocycles. The maximum absolute atomic E-state index is 6.17. The number of rotatable bonds is 3. The van der Waals surface area contributed by atoms with Crippen LogP contribution in [0.4, 0.5) is 11.6 Å². The van der Waals surface area contributed by atoms with Crippen molar-refractivity contribution in [2.75, 3.05) is 5.32 Å². The van der Waals surface area contributed by atoms with E-state index < -0.39 is 0 Å². The van der Waals surface area contributed by atoms with Crippen molar-refractivity contribution in [3.63, 3.8) is 0 Å². The minimum atomic E-state index is 0.346. The molecule has 0 amide bonds. The number of fused-ring (bicyclic) bond motifs is 1. The lowest BCUT2D eigenvalue weighted by Crippen LogP contribution is -2.02. The second kappa shape index (κ2) is 5.73. The fourth-order valence-corrected chi connectivity index (χ4v) is 2.70. The van der Waals surface area contributed by atoms with Crippen LogP contribution in [0.5, 0.6) is 0 Å². The summed E-state index contributed by atoms with van der Waals surface area (Å²) in [7, 11) is 0. The Balaban J connectivity index is 1.78. The Bertz CT molecular complexity index is 1020. The van der Waals surface area contributed by atoms with Crippen molar-refractivity contribution in [3.8, 4) is 5.69 Å². The maximum Gasteiger partial charge on any atom is 0.255 e. The van der Waals surface area contributed by atoms with E-state index in [1.165, 1.54) is 10.8 Å². The van der Waals surface area contributed by atoms with Gasteiger partial charge in [0.2, 0.25) is 5.95 Å². The third-order valence-electron chi connectivity index (χ3n) is 3.27. The molecule has 0 radical (unpaired) electrons. The maximum atomic E-state index is 6.17. The van der Waals surface area contributed by atoms with Crippen LogP contribution in [0.2, 0.25) is 10.2 Å². The van der Waals surface area contributed by atoms with Crippen LogP contribution in [0.1, 0.15) is 5.69 Å². The zero-order valence-corrected chi connectivity index (χ0v) is 13.9. The molecule has 0 aliphatic carbocycles. The van der Waals surface area contributed by atoms with Gasteiger partial charge in [0.25, 0.3) is 5.78 Å². The fraction of sp³-hybridized carbons (Fsp3) is 0.0714. The average molecular weight is 361 g/mol. The van der Waals surface area contributed by atoms with Crippen molar-refractivity contribution in [3.05, 3.63) is 52.8 Å². The monoisotopic (exact) mass is 360 g/mol. The van der Waals surface area contributed by atoms with Crippen LogP contribution < -0.4 is 5.32 Å². The predicted molar refractivity (Wildman–Crippen MR) is 90.2 cm³/mol. The van der Waals surface area contributed by atoms with Gasteiger partial charge in [-0.3, -0.25) is 0 Å². The topological polar surface area (TPSA) is 85.8 Å². The van der Waals surface area contributed by atoms with E-state index in [9.17, 15) is 0 Å². The zero-order valence-electron chi connectivity index (χ0n) is 12.4. The third kappa shape index (κ3) is 2.66. The molecule has 120 valence electrons. The lowest BCUT2D eigenvalue weighted by atomic mass is 10.2. The molecule has 0 unspecified atom stereocenters. The largest absolute Gasteiger partial charge is 0.321 e. The number of anilines is 2. The average Bonchev–Trinajstić information content (AvgIpc) is 3.17. The number of hydrogen-bond acceptors (Lipinski definition) is 6. The highest BCUT2D eigenvalue weighted by molar-refractivity contribution is 6.31. The molecule has 0 saturated heterocycles. The first-order chi connectivity index (χ1) is 11.6. The highest BCUT2D eigenvalue weighted by atomic mass is 35.5. The Kier molecular flexibility index (Phi) is 3.55. The van der Waals surface area contributed by atoms with Crippen molar-refractivity contribution < 1.29 is 0 Å². The summed E-state index contributed by atoms with van der Waals surface area (Å²) < 4.78 is 3.07. The zero-order chi connectivity index (χ0) is 16.7. The number of aryl methyl sites for hydroxylation is 1. The van der Waals surface area contributed by atoms with Crippen molar-refractivity contribution in [2.45, 2.75) is 6.92 Å². The van der Waals surface area contributed by atoms with Crippen LogP contribution in [0.25, 0.3) is 11.5 Å². The number of nitrogens with one attached hydrogen (secondary N) is 1. The molecule has 0 bridgehead atoms. The Morgan fingerprint density at radius 1 is 1.12 bits per heavy atom. The molecule has 8 nitrogen and oxygen atoms in total. The van der Waals surface area contributed by atoms with E-state index in [-0.39, 0.29) is 0 Å². The molecule has 0 aliphatic rings. The molecule has 4 aromatic rings. The van der Waals surface area contributed by atoms with Crippen LogP contribution in [0, 0.1) is 6.92 Å². The first-order valence-corrected chi connectivity index (χ1v) is 7.67. The van der Waals surface area contributed by atoms with Gasteiger partial charge in [0, 0.05) is 10.7 Å². The predicted octanol–water partition coefficient (Wildman–Crippen LogP) is 3.06. The second-order valence-electron chi connectivity index (χ2n) is 4.99. The van der Waals surface area contributed by atoms with E-state index >= 15 is 0 Å². The molecule has 24 heavy (non-hydrogen) atoms. The van der Waals surface area contributed by atoms with E-state index in [0.29, 0.717) is 27.6 Å². The van der Waals surface area contributed by atoms with Crippen molar-refractivity contribution in [2.24, 2.45) is 0 Å². The molecule has 1 aromatic carbocycles. The van der Waals surface area contributed by atoms with Gasteiger partial charge in [-0.25, -0.2) is 14.6 Å². The Morgan fingerprint density at radius 2 is 2.00 bits per heavy atom. The summed E-state index contributed by atoms with van der Waals surface area (Å²) in [5, 5.41) is 12.6. The molecule has 0 atom stereocenters. The highest BCUT2D eigenvalue weighted by Crippen LogP contribution is 2.26. The summed E-state index contributed by atoms with van der Waals surface area (Å²) in [6.45, 7) is 1.84. The minimum Gasteiger partial charge on any atom is -0.321 e. The molecular formula is C14H10Cl2N8. The number of hydrogen-bond donors (Lipinski definition) is 1. The summed E-state index contributed by atoms with van der Waals surface area (Å²) in [4.78, 5) is 12.6. The summed E-state index contributed by atoms with van der Waals surface area (Å²) in [5.41, 5.74) is 2.19. The Labute approximate surface area is 146 Å². The molecule has 0 fully saturated rings. The van der Waals surface area contributed by atoms with Gasteiger partial charge in [-0.1, -0.05) is 23.2 Å². The van der Waals surface area contributed by atoms with Crippen molar-refractivity contribution in [1.29, 1.82) is 0 Å². The van der Waals surface area contributed by atoms with E-state index in [0.717, 1.165) is 11.4 Å². The van der Waals surface area contributed by atoms with Crippen LogP contribution >= 0.6 is 23.2 Å². The summed E-state index contributed by atoms with van der Waals surface area (Å²) in [5.74, 6) is 0.755. The number of halogens is 2. The normalized spacial score (nSPS) is 11.1. The smallest absolute Gasteiger partial charge is 0.255 e. The third-order valence-corrected chi connectivity index (χ3v) is 3.77. The molecule has 0 spiro atoms. The van der Waals surface area contributed by atoms with Crippen LogP contribution in [-0.2, 0) is 0 Å². The minimum absolute atomic E-state index is 0.346. The van der Waals surface area contributed by atoms with Gasteiger partial charge >= 0.3 is 0 Å². The van der Waals surface area contributed by atoms with Gasteiger partial charge in [0.15, 0.2) is 0 Å². The quantitative estimate of drug-likeness (QED) is 0.565.